The zero-order valence-corrected chi connectivity index (χ0v) is 6.54. The van der Waals surface area contributed by atoms with Gasteiger partial charge < -0.3 is 4.74 Å². The molecule has 11 heavy (non-hydrogen) atoms. The molecule has 1 fully saturated rings. The molecule has 1 aliphatic rings. The van der Waals surface area contributed by atoms with Crippen LogP contribution in [0.3, 0.4) is 0 Å². The fraction of sp³-hybridized carbons (Fsp3) is 0.750. The molecule has 0 aromatic carbocycles. The summed E-state index contributed by atoms with van der Waals surface area (Å²) in [6, 6.07) is 2.05. The van der Waals surface area contributed by atoms with Crippen LogP contribution in [0.2, 0.25) is 0 Å². The molecule has 2 unspecified atom stereocenters. The quantitative estimate of drug-likeness (QED) is 0.570. The molecule has 3 heteroatoms. The van der Waals surface area contributed by atoms with Crippen molar-refractivity contribution in [3.8, 4) is 6.07 Å². The maximum atomic E-state index is 11.0. The van der Waals surface area contributed by atoms with Gasteiger partial charge in [-0.1, -0.05) is 0 Å². The second kappa shape index (κ2) is 3.38. The van der Waals surface area contributed by atoms with Gasteiger partial charge in [0.1, 0.15) is 0 Å². The Kier molecular flexibility index (Phi) is 2.48. The summed E-state index contributed by atoms with van der Waals surface area (Å²) < 4.78 is 4.79. The fourth-order valence-electron chi connectivity index (χ4n) is 1.13. The van der Waals surface area contributed by atoms with Crippen LogP contribution in [0.1, 0.15) is 19.8 Å². The minimum Gasteiger partial charge on any atom is -0.466 e. The van der Waals surface area contributed by atoms with Crippen LogP contribution in [-0.2, 0) is 9.53 Å². The Morgan fingerprint density at radius 3 is 3.09 bits per heavy atom. The molecule has 0 N–H and O–H groups in total. The molecule has 0 radical (unpaired) electrons. The van der Waals surface area contributed by atoms with Gasteiger partial charge in [0.15, 0.2) is 0 Å². The van der Waals surface area contributed by atoms with Crippen molar-refractivity contribution in [1.29, 1.82) is 5.26 Å². The van der Waals surface area contributed by atoms with E-state index in [2.05, 4.69) is 0 Å². The average molecular weight is 153 g/mol. The van der Waals surface area contributed by atoms with Crippen LogP contribution in [0.5, 0.6) is 0 Å². The minimum atomic E-state index is -0.132. The van der Waals surface area contributed by atoms with Gasteiger partial charge in [-0.25, -0.2) is 0 Å². The largest absolute Gasteiger partial charge is 0.466 e. The van der Waals surface area contributed by atoms with Crippen molar-refractivity contribution in [3.05, 3.63) is 0 Å². The molecule has 1 rings (SSSR count). The predicted molar refractivity (Wildman–Crippen MR) is 38.5 cm³/mol. The first-order valence-corrected chi connectivity index (χ1v) is 3.83. The van der Waals surface area contributed by atoms with Gasteiger partial charge in [0, 0.05) is 6.42 Å². The molecule has 1 aliphatic carbocycles. The van der Waals surface area contributed by atoms with Crippen LogP contribution in [0, 0.1) is 23.2 Å². The van der Waals surface area contributed by atoms with Gasteiger partial charge in [-0.2, -0.15) is 5.26 Å². The molecule has 0 amide bonds. The van der Waals surface area contributed by atoms with E-state index in [1.54, 1.807) is 6.92 Å². The lowest BCUT2D eigenvalue weighted by Crippen LogP contribution is -2.07. The van der Waals surface area contributed by atoms with Crippen molar-refractivity contribution < 1.29 is 9.53 Å². The number of hydrogen-bond acceptors (Lipinski definition) is 3. The molecule has 3 nitrogen and oxygen atoms in total. The van der Waals surface area contributed by atoms with Crippen LogP contribution >= 0.6 is 0 Å². The van der Waals surface area contributed by atoms with Gasteiger partial charge >= 0.3 is 5.97 Å². The smallest absolute Gasteiger partial charge is 0.309 e. The normalized spacial score (nSPS) is 27.3. The summed E-state index contributed by atoms with van der Waals surface area (Å²) in [6.45, 7) is 2.23. The fourth-order valence-corrected chi connectivity index (χ4v) is 1.13. The highest BCUT2D eigenvalue weighted by Gasteiger charge is 2.43. The Bertz CT molecular complexity index is 195. The van der Waals surface area contributed by atoms with E-state index in [9.17, 15) is 4.79 Å². The van der Waals surface area contributed by atoms with Crippen molar-refractivity contribution in [3.63, 3.8) is 0 Å². The van der Waals surface area contributed by atoms with Crippen LogP contribution in [0.4, 0.5) is 0 Å². The highest BCUT2D eigenvalue weighted by molar-refractivity contribution is 5.75. The number of carbonyl (C=O) groups is 1. The topological polar surface area (TPSA) is 50.1 Å². The van der Waals surface area contributed by atoms with E-state index >= 15 is 0 Å². The van der Waals surface area contributed by atoms with E-state index in [0.717, 1.165) is 6.42 Å². The summed E-state index contributed by atoms with van der Waals surface area (Å²) in [5.41, 5.74) is 0. The Balaban J connectivity index is 2.22. The van der Waals surface area contributed by atoms with Crippen molar-refractivity contribution in [2.75, 3.05) is 6.61 Å². The number of hydrogen-bond donors (Lipinski definition) is 0. The lowest BCUT2D eigenvalue weighted by Gasteiger charge is -1.97. The molecule has 0 bridgehead atoms. The number of nitriles is 1. The maximum Gasteiger partial charge on any atom is 0.309 e. The zero-order valence-electron chi connectivity index (χ0n) is 6.54. The highest BCUT2D eigenvalue weighted by Crippen LogP contribution is 2.41. The molecule has 0 aromatic heterocycles. The molecule has 1 saturated carbocycles. The maximum absolute atomic E-state index is 11.0. The molecular weight excluding hydrogens is 142 g/mol. The molecule has 0 aliphatic heterocycles. The summed E-state index contributed by atoms with van der Waals surface area (Å²) in [5.74, 6) is 0.168. The molecule has 0 spiro atoms. The first kappa shape index (κ1) is 8.06. The van der Waals surface area contributed by atoms with Crippen LogP contribution in [0.25, 0.3) is 0 Å². The number of esters is 1. The highest BCUT2D eigenvalue weighted by atomic mass is 16.5. The van der Waals surface area contributed by atoms with Crippen molar-refractivity contribution in [2.24, 2.45) is 11.8 Å². The number of ether oxygens (including phenoxy) is 1. The Labute approximate surface area is 66.0 Å². The van der Waals surface area contributed by atoms with E-state index in [-0.39, 0.29) is 17.8 Å². The standard InChI is InChI=1S/C8H11NO2/c1-2-11-8(10)7-5-6(7)3-4-9/h6-7H,2-3,5H2,1H3. The molecule has 2 atom stereocenters. The van der Waals surface area contributed by atoms with Crippen molar-refractivity contribution in [1.82, 2.24) is 0 Å². The van der Waals surface area contributed by atoms with Gasteiger partial charge in [-0.05, 0) is 19.3 Å². The van der Waals surface area contributed by atoms with E-state index < -0.39 is 0 Å². The van der Waals surface area contributed by atoms with Crippen LogP contribution in [0.15, 0.2) is 0 Å². The summed E-state index contributed by atoms with van der Waals surface area (Å²) in [7, 11) is 0. The van der Waals surface area contributed by atoms with Gasteiger partial charge in [-0.3, -0.25) is 4.79 Å². The summed E-state index contributed by atoms with van der Waals surface area (Å²) in [5, 5.41) is 8.30. The molecule has 0 saturated heterocycles. The van der Waals surface area contributed by atoms with E-state index in [1.807, 2.05) is 6.07 Å². The Hall–Kier alpha value is -1.04. The summed E-state index contributed by atoms with van der Waals surface area (Å²) in [4.78, 5) is 11.0. The molecule has 0 aromatic rings. The predicted octanol–water partition coefficient (Wildman–Crippen LogP) is 1.10. The third-order valence-corrected chi connectivity index (χ3v) is 1.87. The van der Waals surface area contributed by atoms with Gasteiger partial charge in [0.2, 0.25) is 0 Å². The lowest BCUT2D eigenvalue weighted by atomic mass is 10.2. The Morgan fingerprint density at radius 2 is 2.55 bits per heavy atom. The minimum absolute atomic E-state index is 0.0228. The van der Waals surface area contributed by atoms with E-state index in [4.69, 9.17) is 10.00 Å². The van der Waals surface area contributed by atoms with Crippen molar-refractivity contribution >= 4 is 5.97 Å². The monoisotopic (exact) mass is 153 g/mol. The SMILES string of the molecule is CCOC(=O)C1CC1CC#N. The molecular formula is C8H11NO2. The van der Waals surface area contributed by atoms with Crippen LogP contribution < -0.4 is 0 Å². The first-order chi connectivity index (χ1) is 5.29. The number of carbonyl (C=O) groups excluding carboxylic acids is 1. The van der Waals surface area contributed by atoms with Crippen molar-refractivity contribution in [2.45, 2.75) is 19.8 Å². The van der Waals surface area contributed by atoms with Crippen LogP contribution in [-0.4, -0.2) is 12.6 Å². The average Bonchev–Trinajstić information content (AvgIpc) is 2.69. The van der Waals surface area contributed by atoms with E-state index in [0.29, 0.717) is 13.0 Å². The van der Waals surface area contributed by atoms with Gasteiger partial charge in [0.25, 0.3) is 0 Å². The summed E-state index contributed by atoms with van der Waals surface area (Å²) in [6.07, 6.45) is 1.33. The van der Waals surface area contributed by atoms with Gasteiger partial charge in [0.05, 0.1) is 18.6 Å². The Morgan fingerprint density at radius 1 is 1.82 bits per heavy atom. The third-order valence-electron chi connectivity index (χ3n) is 1.87. The first-order valence-electron chi connectivity index (χ1n) is 3.83. The third kappa shape index (κ3) is 1.94. The summed E-state index contributed by atoms with van der Waals surface area (Å²) >= 11 is 0. The lowest BCUT2D eigenvalue weighted by molar-refractivity contribution is -0.145. The second-order valence-corrected chi connectivity index (χ2v) is 2.72. The zero-order chi connectivity index (χ0) is 8.27. The number of nitrogens with zero attached hydrogens (tertiary/aromatic N) is 1. The molecule has 0 heterocycles. The van der Waals surface area contributed by atoms with Gasteiger partial charge in [-0.15, -0.1) is 0 Å². The second-order valence-electron chi connectivity index (χ2n) is 2.72. The number of rotatable bonds is 3. The molecule has 60 valence electrons. The van der Waals surface area contributed by atoms with E-state index in [1.165, 1.54) is 0 Å².